The molecule has 9 heteroatoms. The minimum Gasteiger partial charge on any atom is -0.444 e. The van der Waals surface area contributed by atoms with Crippen LogP contribution in [0.25, 0.3) is 0 Å². The second kappa shape index (κ2) is 10.2. The predicted molar refractivity (Wildman–Crippen MR) is 115 cm³/mol. The van der Waals surface area contributed by atoms with Gasteiger partial charge in [0.25, 0.3) is 5.91 Å². The Bertz CT molecular complexity index is 657. The van der Waals surface area contributed by atoms with E-state index in [2.05, 4.69) is 22.5 Å². The van der Waals surface area contributed by atoms with Crippen LogP contribution in [-0.2, 0) is 19.1 Å². The van der Waals surface area contributed by atoms with Crippen LogP contribution in [0.15, 0.2) is 0 Å². The fourth-order valence-electron chi connectivity index (χ4n) is 4.62. The van der Waals surface area contributed by atoms with E-state index in [9.17, 15) is 14.4 Å². The van der Waals surface area contributed by atoms with Gasteiger partial charge < -0.3 is 25.0 Å². The van der Waals surface area contributed by atoms with Crippen molar-refractivity contribution in [3.8, 4) is 0 Å². The van der Waals surface area contributed by atoms with Crippen molar-refractivity contribution in [2.75, 3.05) is 39.3 Å². The summed E-state index contributed by atoms with van der Waals surface area (Å²) in [6.07, 6.45) is 1.79. The number of carbonyl (C=O) groups is 3. The number of piperidine rings is 2. The molecule has 0 unspecified atom stereocenters. The highest BCUT2D eigenvalue weighted by molar-refractivity contribution is 5.82. The Hall–Kier alpha value is -1.87. The summed E-state index contributed by atoms with van der Waals surface area (Å²) in [5, 5.41) is 6.26. The molecule has 0 aliphatic carbocycles. The summed E-state index contributed by atoms with van der Waals surface area (Å²) in [6.45, 7) is 11.7. The van der Waals surface area contributed by atoms with Crippen LogP contribution in [-0.4, -0.2) is 90.8 Å². The summed E-state index contributed by atoms with van der Waals surface area (Å²) in [5.74, 6) is 0.124. The van der Waals surface area contributed by atoms with E-state index in [1.54, 1.807) is 4.90 Å². The maximum Gasteiger partial charge on any atom is 0.410 e. The van der Waals surface area contributed by atoms with Gasteiger partial charge in [0.15, 0.2) is 0 Å². The molecule has 3 amide bonds. The molecule has 0 saturated carbocycles. The topological polar surface area (TPSA) is 100 Å². The molecule has 0 aromatic carbocycles. The third-order valence-corrected chi connectivity index (χ3v) is 6.36. The molecule has 0 bridgehead atoms. The lowest BCUT2D eigenvalue weighted by Crippen LogP contribution is -2.62. The minimum atomic E-state index is -0.519. The maximum atomic E-state index is 12.9. The fourth-order valence-corrected chi connectivity index (χ4v) is 4.62. The van der Waals surface area contributed by atoms with Gasteiger partial charge in [-0.25, -0.2) is 4.79 Å². The smallest absolute Gasteiger partial charge is 0.410 e. The van der Waals surface area contributed by atoms with Crippen molar-refractivity contribution in [3.63, 3.8) is 0 Å². The first-order valence-corrected chi connectivity index (χ1v) is 11.6. The van der Waals surface area contributed by atoms with Crippen LogP contribution in [0.3, 0.4) is 0 Å². The largest absolute Gasteiger partial charge is 0.444 e. The molecule has 3 aliphatic heterocycles. The van der Waals surface area contributed by atoms with E-state index in [0.717, 1.165) is 25.9 Å². The third-order valence-electron chi connectivity index (χ3n) is 6.36. The Morgan fingerprint density at radius 1 is 1.19 bits per heavy atom. The van der Waals surface area contributed by atoms with Gasteiger partial charge >= 0.3 is 6.09 Å². The lowest BCUT2D eigenvalue weighted by molar-refractivity contribution is -0.140. The molecule has 176 valence electrons. The van der Waals surface area contributed by atoms with Gasteiger partial charge in [-0.1, -0.05) is 6.92 Å². The first-order valence-electron chi connectivity index (χ1n) is 11.6. The molecule has 3 fully saturated rings. The molecular formula is C22H38N4O5. The number of hydrogen-bond donors (Lipinski definition) is 2. The molecule has 3 heterocycles. The monoisotopic (exact) mass is 438 g/mol. The normalized spacial score (nSPS) is 28.7. The SMILES string of the molecule is CCN1CCO[C@@H](C(=O)N[C@@H]2CCC(=O)N[C@H]2C2CCN(C(=O)OC(C)(C)C)CC2)C1. The number of nitrogens with one attached hydrogen (secondary N) is 2. The van der Waals surface area contributed by atoms with E-state index in [4.69, 9.17) is 9.47 Å². The Morgan fingerprint density at radius 3 is 2.55 bits per heavy atom. The van der Waals surface area contributed by atoms with Crippen molar-refractivity contribution in [2.24, 2.45) is 5.92 Å². The van der Waals surface area contributed by atoms with E-state index in [1.807, 2.05) is 20.8 Å². The molecule has 3 rings (SSSR count). The molecule has 3 aliphatic rings. The van der Waals surface area contributed by atoms with E-state index < -0.39 is 11.7 Å². The van der Waals surface area contributed by atoms with Crippen molar-refractivity contribution in [2.45, 2.75) is 77.2 Å². The van der Waals surface area contributed by atoms with Crippen molar-refractivity contribution >= 4 is 17.9 Å². The van der Waals surface area contributed by atoms with Crippen LogP contribution < -0.4 is 10.6 Å². The molecule has 0 spiro atoms. The summed E-state index contributed by atoms with van der Waals surface area (Å²) in [6, 6.07) is -0.249. The van der Waals surface area contributed by atoms with Crippen molar-refractivity contribution in [1.29, 1.82) is 0 Å². The maximum absolute atomic E-state index is 12.9. The van der Waals surface area contributed by atoms with Crippen LogP contribution in [0.1, 0.15) is 53.4 Å². The van der Waals surface area contributed by atoms with Crippen LogP contribution in [0.4, 0.5) is 4.79 Å². The van der Waals surface area contributed by atoms with Gasteiger partial charge in [0, 0.05) is 38.6 Å². The molecule has 0 aromatic heterocycles. The number of rotatable bonds is 4. The Morgan fingerprint density at radius 2 is 1.90 bits per heavy atom. The number of ether oxygens (including phenoxy) is 2. The number of nitrogens with zero attached hydrogens (tertiary/aromatic N) is 2. The zero-order valence-corrected chi connectivity index (χ0v) is 19.3. The summed E-state index contributed by atoms with van der Waals surface area (Å²) in [5.41, 5.74) is -0.519. The highest BCUT2D eigenvalue weighted by Crippen LogP contribution is 2.27. The first kappa shape index (κ1) is 23.8. The van der Waals surface area contributed by atoms with Crippen LogP contribution in [0.2, 0.25) is 0 Å². The van der Waals surface area contributed by atoms with Crippen LogP contribution in [0, 0.1) is 5.92 Å². The quantitative estimate of drug-likeness (QED) is 0.682. The average Bonchev–Trinajstić information content (AvgIpc) is 2.74. The summed E-state index contributed by atoms with van der Waals surface area (Å²) in [7, 11) is 0. The number of likely N-dealkylation sites (N-methyl/N-ethyl adjacent to an activating group) is 1. The fraction of sp³-hybridized carbons (Fsp3) is 0.864. The molecular weight excluding hydrogens is 400 g/mol. The van der Waals surface area contributed by atoms with Gasteiger partial charge in [0.1, 0.15) is 11.7 Å². The summed E-state index contributed by atoms with van der Waals surface area (Å²) in [4.78, 5) is 41.3. The first-order chi connectivity index (χ1) is 14.7. The predicted octanol–water partition coefficient (Wildman–Crippen LogP) is 1.12. The molecule has 0 radical (unpaired) electrons. The second-order valence-electron chi connectivity index (χ2n) is 9.80. The summed E-state index contributed by atoms with van der Waals surface area (Å²) >= 11 is 0. The van der Waals surface area contributed by atoms with Crippen LogP contribution in [0.5, 0.6) is 0 Å². The van der Waals surface area contributed by atoms with Gasteiger partial charge in [-0.05, 0) is 52.5 Å². The van der Waals surface area contributed by atoms with Crippen LogP contribution >= 0.6 is 0 Å². The summed E-state index contributed by atoms with van der Waals surface area (Å²) < 4.78 is 11.2. The standard InChI is InChI=1S/C22H38N4O5/c1-5-25-12-13-30-17(14-25)20(28)23-16-6-7-18(27)24-19(16)15-8-10-26(11-9-15)21(29)31-22(2,3)4/h15-17,19H,5-14H2,1-4H3,(H,23,28)(H,24,27)/t16-,17-,19+/m1/s1. The van der Waals surface area contributed by atoms with E-state index in [-0.39, 0.29) is 35.9 Å². The molecule has 31 heavy (non-hydrogen) atoms. The van der Waals surface area contributed by atoms with Crippen molar-refractivity contribution in [1.82, 2.24) is 20.4 Å². The highest BCUT2D eigenvalue weighted by Gasteiger charge is 2.39. The third kappa shape index (κ3) is 6.55. The van der Waals surface area contributed by atoms with E-state index in [0.29, 0.717) is 39.1 Å². The Balaban J connectivity index is 1.56. The minimum absolute atomic E-state index is 0.0242. The molecule has 9 nitrogen and oxygen atoms in total. The zero-order valence-electron chi connectivity index (χ0n) is 19.3. The van der Waals surface area contributed by atoms with Gasteiger partial charge in [0.05, 0.1) is 12.6 Å². The lowest BCUT2D eigenvalue weighted by atomic mass is 9.81. The molecule has 2 N–H and O–H groups in total. The number of carbonyl (C=O) groups excluding carboxylic acids is 3. The number of morpholine rings is 1. The molecule has 3 atom stereocenters. The second-order valence-corrected chi connectivity index (χ2v) is 9.80. The van der Waals surface area contributed by atoms with Gasteiger partial charge in [-0.2, -0.15) is 0 Å². The lowest BCUT2D eigenvalue weighted by Gasteiger charge is -2.42. The van der Waals surface area contributed by atoms with E-state index >= 15 is 0 Å². The Labute approximate surface area is 185 Å². The highest BCUT2D eigenvalue weighted by atomic mass is 16.6. The molecule has 0 aromatic rings. The van der Waals surface area contributed by atoms with Gasteiger partial charge in [-0.3, -0.25) is 14.5 Å². The average molecular weight is 439 g/mol. The van der Waals surface area contributed by atoms with Gasteiger partial charge in [0.2, 0.25) is 5.91 Å². The zero-order chi connectivity index (χ0) is 22.6. The number of amides is 3. The Kier molecular flexibility index (Phi) is 7.80. The van der Waals surface area contributed by atoms with E-state index in [1.165, 1.54) is 0 Å². The van der Waals surface area contributed by atoms with Crippen molar-refractivity contribution < 1.29 is 23.9 Å². The van der Waals surface area contributed by atoms with Crippen molar-refractivity contribution in [3.05, 3.63) is 0 Å². The number of hydrogen-bond acceptors (Lipinski definition) is 6. The number of likely N-dealkylation sites (tertiary alicyclic amines) is 1. The molecule has 3 saturated heterocycles. The van der Waals surface area contributed by atoms with Gasteiger partial charge in [-0.15, -0.1) is 0 Å².